The smallest absolute Gasteiger partial charge is 0.157 e. The Kier molecular flexibility index (Phi) is 4.78. The first-order valence-corrected chi connectivity index (χ1v) is 7.18. The van der Waals surface area contributed by atoms with E-state index in [9.17, 15) is 0 Å². The minimum absolute atomic E-state index is 0.312. The molecule has 2 aromatic rings. The van der Waals surface area contributed by atoms with Gasteiger partial charge in [0.25, 0.3) is 0 Å². The van der Waals surface area contributed by atoms with Gasteiger partial charge in [0.2, 0.25) is 0 Å². The molecule has 0 radical (unpaired) electrons. The maximum absolute atomic E-state index is 6.06. The fraction of sp³-hybridized carbons (Fsp3) is 0.357. The SMILES string of the molecule is CCC(C)n1ccc(COc2c(Cl)cc(N)cc2Cl)n1. The topological polar surface area (TPSA) is 53.1 Å². The second-order valence-corrected chi connectivity index (χ2v) is 5.46. The Labute approximate surface area is 128 Å². The van der Waals surface area contributed by atoms with Crippen molar-refractivity contribution < 1.29 is 4.74 Å². The number of rotatable bonds is 5. The molecule has 0 bridgehead atoms. The minimum atomic E-state index is 0.312. The Morgan fingerprint density at radius 1 is 1.35 bits per heavy atom. The predicted octanol–water partition coefficient (Wildman–Crippen LogP) is 4.32. The molecule has 0 saturated carbocycles. The van der Waals surface area contributed by atoms with Crippen molar-refractivity contribution in [3.05, 3.63) is 40.1 Å². The molecule has 1 aromatic heterocycles. The van der Waals surface area contributed by atoms with Gasteiger partial charge >= 0.3 is 0 Å². The molecule has 0 fully saturated rings. The number of nitrogen functional groups attached to an aromatic ring is 1. The molecule has 4 nitrogen and oxygen atoms in total. The van der Waals surface area contributed by atoms with E-state index in [4.69, 9.17) is 33.7 Å². The van der Waals surface area contributed by atoms with E-state index in [0.717, 1.165) is 12.1 Å². The van der Waals surface area contributed by atoms with Crippen molar-refractivity contribution in [3.63, 3.8) is 0 Å². The number of hydrogen-bond acceptors (Lipinski definition) is 3. The Balaban J connectivity index is 2.07. The zero-order chi connectivity index (χ0) is 14.7. The molecule has 1 heterocycles. The van der Waals surface area contributed by atoms with Gasteiger partial charge < -0.3 is 10.5 Å². The Hall–Kier alpha value is -1.39. The number of hydrogen-bond donors (Lipinski definition) is 1. The third-order valence-corrected chi connectivity index (χ3v) is 3.65. The number of ether oxygens (including phenoxy) is 1. The van der Waals surface area contributed by atoms with Crippen molar-refractivity contribution in [2.45, 2.75) is 32.9 Å². The predicted molar refractivity (Wildman–Crippen MR) is 82.4 cm³/mol. The second kappa shape index (κ2) is 6.37. The molecular weight excluding hydrogens is 297 g/mol. The van der Waals surface area contributed by atoms with Crippen molar-refractivity contribution in [2.75, 3.05) is 5.73 Å². The van der Waals surface area contributed by atoms with Crippen LogP contribution < -0.4 is 10.5 Å². The van der Waals surface area contributed by atoms with Crippen LogP contribution in [0.4, 0.5) is 5.69 Å². The molecule has 0 spiro atoms. The Bertz CT molecular complexity index is 575. The van der Waals surface area contributed by atoms with Gasteiger partial charge in [-0.2, -0.15) is 5.10 Å². The average Bonchev–Trinajstić information content (AvgIpc) is 2.85. The number of halogens is 2. The molecule has 0 saturated heterocycles. The summed E-state index contributed by atoms with van der Waals surface area (Å²) < 4.78 is 7.56. The number of benzene rings is 1. The van der Waals surface area contributed by atoms with E-state index in [-0.39, 0.29) is 0 Å². The summed E-state index contributed by atoms with van der Waals surface area (Å²) in [6.07, 6.45) is 2.97. The van der Waals surface area contributed by atoms with Crippen LogP contribution in [0.3, 0.4) is 0 Å². The standard InChI is InChI=1S/C14H17Cl2N3O/c1-3-9(2)19-5-4-11(18-19)8-20-14-12(15)6-10(17)7-13(14)16/h4-7,9H,3,8,17H2,1-2H3. The highest BCUT2D eigenvalue weighted by Crippen LogP contribution is 2.35. The summed E-state index contributed by atoms with van der Waals surface area (Å²) in [5.74, 6) is 0.431. The van der Waals surface area contributed by atoms with Crippen LogP contribution in [0.15, 0.2) is 24.4 Å². The van der Waals surface area contributed by atoms with E-state index < -0.39 is 0 Å². The highest BCUT2D eigenvalue weighted by molar-refractivity contribution is 6.37. The zero-order valence-corrected chi connectivity index (χ0v) is 12.9. The van der Waals surface area contributed by atoms with E-state index in [2.05, 4.69) is 18.9 Å². The largest absolute Gasteiger partial charge is 0.484 e. The molecule has 2 N–H and O–H groups in total. The van der Waals surface area contributed by atoms with Crippen LogP contribution in [-0.4, -0.2) is 9.78 Å². The average molecular weight is 314 g/mol. The van der Waals surface area contributed by atoms with Crippen LogP contribution in [-0.2, 0) is 6.61 Å². The molecule has 0 amide bonds. The molecule has 1 aromatic carbocycles. The molecule has 1 unspecified atom stereocenters. The maximum atomic E-state index is 6.06. The fourth-order valence-corrected chi connectivity index (χ4v) is 2.36. The van der Waals surface area contributed by atoms with E-state index in [1.807, 2.05) is 16.9 Å². The van der Waals surface area contributed by atoms with Gasteiger partial charge in [-0.3, -0.25) is 4.68 Å². The van der Waals surface area contributed by atoms with Crippen molar-refractivity contribution in [3.8, 4) is 5.75 Å². The fourth-order valence-electron chi connectivity index (χ4n) is 1.75. The lowest BCUT2D eigenvalue weighted by molar-refractivity contribution is 0.298. The summed E-state index contributed by atoms with van der Waals surface area (Å²) in [5, 5.41) is 5.25. The molecule has 0 aliphatic heterocycles. The summed E-state index contributed by atoms with van der Waals surface area (Å²) in [5.41, 5.74) is 6.98. The molecule has 6 heteroatoms. The quantitative estimate of drug-likeness (QED) is 0.836. The van der Waals surface area contributed by atoms with Gasteiger partial charge in [-0.25, -0.2) is 0 Å². The third-order valence-electron chi connectivity index (χ3n) is 3.09. The van der Waals surface area contributed by atoms with Crippen molar-refractivity contribution in [1.29, 1.82) is 0 Å². The van der Waals surface area contributed by atoms with E-state index in [0.29, 0.717) is 34.1 Å². The summed E-state index contributed by atoms with van der Waals surface area (Å²) in [6, 6.07) is 5.51. The van der Waals surface area contributed by atoms with Crippen LogP contribution >= 0.6 is 23.2 Å². The highest BCUT2D eigenvalue weighted by Gasteiger charge is 2.10. The first kappa shape index (κ1) is 15.0. The van der Waals surface area contributed by atoms with Crippen LogP contribution in [0, 0.1) is 0 Å². The van der Waals surface area contributed by atoms with Gasteiger partial charge in [0.05, 0.1) is 15.7 Å². The van der Waals surface area contributed by atoms with E-state index in [1.54, 1.807) is 12.1 Å². The van der Waals surface area contributed by atoms with Gasteiger partial charge in [0.15, 0.2) is 5.75 Å². The minimum Gasteiger partial charge on any atom is -0.484 e. The second-order valence-electron chi connectivity index (χ2n) is 4.65. The van der Waals surface area contributed by atoms with Gasteiger partial charge in [-0.15, -0.1) is 0 Å². The van der Waals surface area contributed by atoms with Crippen molar-refractivity contribution in [1.82, 2.24) is 9.78 Å². The molecule has 0 aliphatic rings. The van der Waals surface area contributed by atoms with Gasteiger partial charge in [-0.05, 0) is 31.5 Å². The Morgan fingerprint density at radius 3 is 2.60 bits per heavy atom. The van der Waals surface area contributed by atoms with Crippen LogP contribution in [0.1, 0.15) is 32.0 Å². The first-order chi connectivity index (χ1) is 9.51. The van der Waals surface area contributed by atoms with E-state index in [1.165, 1.54) is 0 Å². The zero-order valence-electron chi connectivity index (χ0n) is 11.4. The lowest BCUT2D eigenvalue weighted by atomic mass is 10.3. The number of anilines is 1. The third kappa shape index (κ3) is 3.38. The molecule has 0 aliphatic carbocycles. The summed E-state index contributed by atoms with van der Waals surface area (Å²) in [4.78, 5) is 0. The molecule has 2 rings (SSSR count). The molecule has 20 heavy (non-hydrogen) atoms. The van der Waals surface area contributed by atoms with Crippen molar-refractivity contribution >= 4 is 28.9 Å². The van der Waals surface area contributed by atoms with Crippen LogP contribution in [0.5, 0.6) is 5.75 Å². The molecule has 108 valence electrons. The number of nitrogens with two attached hydrogens (primary N) is 1. The summed E-state index contributed by atoms with van der Waals surface area (Å²) in [6.45, 7) is 4.55. The first-order valence-electron chi connectivity index (χ1n) is 6.42. The normalized spacial score (nSPS) is 12.4. The molecular formula is C14H17Cl2N3O. The van der Waals surface area contributed by atoms with Crippen molar-refractivity contribution in [2.24, 2.45) is 0 Å². The number of aromatic nitrogens is 2. The summed E-state index contributed by atoms with van der Waals surface area (Å²) >= 11 is 12.1. The maximum Gasteiger partial charge on any atom is 0.157 e. The van der Waals surface area contributed by atoms with Crippen LogP contribution in [0.2, 0.25) is 10.0 Å². The highest BCUT2D eigenvalue weighted by atomic mass is 35.5. The monoisotopic (exact) mass is 313 g/mol. The lowest BCUT2D eigenvalue weighted by Crippen LogP contribution is -2.06. The van der Waals surface area contributed by atoms with E-state index >= 15 is 0 Å². The van der Waals surface area contributed by atoms with Gasteiger partial charge in [-0.1, -0.05) is 30.1 Å². The molecule has 1 atom stereocenters. The van der Waals surface area contributed by atoms with Gasteiger partial charge in [0, 0.05) is 17.9 Å². The Morgan fingerprint density at radius 2 is 2.00 bits per heavy atom. The summed E-state index contributed by atoms with van der Waals surface area (Å²) in [7, 11) is 0. The van der Waals surface area contributed by atoms with Crippen LogP contribution in [0.25, 0.3) is 0 Å². The lowest BCUT2D eigenvalue weighted by Gasteiger charge is -2.10. The number of nitrogens with zero attached hydrogens (tertiary/aromatic N) is 2. The van der Waals surface area contributed by atoms with Gasteiger partial charge in [0.1, 0.15) is 6.61 Å².